The molecule has 0 aromatic heterocycles. The fraction of sp³-hybridized carbons (Fsp3) is 0.412. The summed E-state index contributed by atoms with van der Waals surface area (Å²) in [6.45, 7) is 4.42. The number of carbonyl (C=O) groups excluding carboxylic acids is 2. The molecule has 140 valence electrons. The Morgan fingerprint density at radius 1 is 1.31 bits per heavy atom. The minimum atomic E-state index is -0.510. The Bertz CT molecular complexity index is 729. The number of amides is 2. The molecule has 1 aliphatic rings. The molecular weight excluding hydrogens is 342 g/mol. The van der Waals surface area contributed by atoms with Crippen LogP contribution in [0, 0.1) is 16.0 Å². The van der Waals surface area contributed by atoms with E-state index >= 15 is 0 Å². The van der Waals surface area contributed by atoms with E-state index in [1.165, 1.54) is 24.3 Å². The highest BCUT2D eigenvalue weighted by atomic mass is 16.7. The number of benzene rings is 1. The van der Waals surface area contributed by atoms with Crippen LogP contribution in [0.25, 0.3) is 6.08 Å². The average Bonchev–Trinajstić information content (AvgIpc) is 2.62. The van der Waals surface area contributed by atoms with E-state index in [9.17, 15) is 19.7 Å². The molecule has 26 heavy (non-hydrogen) atoms. The summed E-state index contributed by atoms with van der Waals surface area (Å²) >= 11 is 0. The molecular formula is C17H21N3O6. The van der Waals surface area contributed by atoms with Gasteiger partial charge >= 0.3 is 0 Å². The lowest BCUT2D eigenvalue weighted by Gasteiger charge is -2.19. The first-order valence-corrected chi connectivity index (χ1v) is 8.14. The maximum atomic E-state index is 11.9. The van der Waals surface area contributed by atoms with Crippen LogP contribution in [0.4, 0.5) is 5.69 Å². The number of ether oxygens (including phenoxy) is 2. The van der Waals surface area contributed by atoms with Gasteiger partial charge in [-0.25, -0.2) is 0 Å². The van der Waals surface area contributed by atoms with Crippen LogP contribution in [0.1, 0.15) is 25.0 Å². The molecule has 0 unspecified atom stereocenters. The third kappa shape index (κ3) is 5.28. The third-order valence-electron chi connectivity index (χ3n) is 3.60. The highest BCUT2D eigenvalue weighted by Crippen LogP contribution is 2.33. The van der Waals surface area contributed by atoms with Crippen molar-refractivity contribution in [2.24, 2.45) is 5.92 Å². The first-order chi connectivity index (χ1) is 12.4. The van der Waals surface area contributed by atoms with Gasteiger partial charge in [-0.15, -0.1) is 0 Å². The summed E-state index contributed by atoms with van der Waals surface area (Å²) < 4.78 is 10.5. The molecule has 0 spiro atoms. The van der Waals surface area contributed by atoms with E-state index in [1.54, 1.807) is 13.8 Å². The van der Waals surface area contributed by atoms with Crippen molar-refractivity contribution in [1.29, 1.82) is 0 Å². The topological polar surface area (TPSA) is 120 Å². The van der Waals surface area contributed by atoms with Gasteiger partial charge in [0.2, 0.25) is 11.8 Å². The summed E-state index contributed by atoms with van der Waals surface area (Å²) in [5.74, 6) is -0.113. The zero-order valence-electron chi connectivity index (χ0n) is 14.6. The third-order valence-corrected chi connectivity index (χ3v) is 3.60. The van der Waals surface area contributed by atoms with Crippen molar-refractivity contribution in [3.05, 3.63) is 39.4 Å². The summed E-state index contributed by atoms with van der Waals surface area (Å²) in [7, 11) is 0. The van der Waals surface area contributed by atoms with Crippen molar-refractivity contribution in [1.82, 2.24) is 10.6 Å². The number of hydrogen-bond donors (Lipinski definition) is 2. The van der Waals surface area contributed by atoms with Crippen LogP contribution in [0.3, 0.4) is 0 Å². The molecule has 0 saturated carbocycles. The van der Waals surface area contributed by atoms with Gasteiger partial charge in [-0.05, 0) is 6.08 Å². The smallest absolute Gasteiger partial charge is 0.270 e. The van der Waals surface area contributed by atoms with Crippen molar-refractivity contribution in [2.45, 2.75) is 20.5 Å². The Morgan fingerprint density at radius 2 is 2.04 bits per heavy atom. The Hall–Kier alpha value is -2.94. The molecule has 0 radical (unpaired) electrons. The quantitative estimate of drug-likeness (QED) is 0.327. The SMILES string of the molecule is CC(C)C(=O)NCCNC(=O)/C=C/c1cc([N+](=O)[O-])cc2c1OCOC2. The minimum Gasteiger partial charge on any atom is -0.467 e. The molecule has 0 bridgehead atoms. The maximum Gasteiger partial charge on any atom is 0.270 e. The Balaban J connectivity index is 1.98. The van der Waals surface area contributed by atoms with Crippen molar-refractivity contribution in [3.8, 4) is 5.75 Å². The van der Waals surface area contributed by atoms with E-state index in [1.807, 2.05) is 0 Å². The molecule has 0 atom stereocenters. The lowest BCUT2D eigenvalue weighted by atomic mass is 10.1. The van der Waals surface area contributed by atoms with Crippen LogP contribution in [0.5, 0.6) is 5.75 Å². The average molecular weight is 363 g/mol. The number of rotatable bonds is 7. The standard InChI is InChI=1S/C17H21N3O6/c1-11(2)17(22)19-6-5-18-15(21)4-3-12-7-14(20(23)24)8-13-9-25-10-26-16(12)13/h3-4,7-8,11H,5-6,9-10H2,1-2H3,(H,18,21)(H,19,22)/b4-3+. The largest absolute Gasteiger partial charge is 0.467 e. The van der Waals surface area contributed by atoms with Crippen molar-refractivity contribution in [2.75, 3.05) is 19.9 Å². The van der Waals surface area contributed by atoms with Gasteiger partial charge in [0.25, 0.3) is 5.69 Å². The zero-order chi connectivity index (χ0) is 19.1. The van der Waals surface area contributed by atoms with Gasteiger partial charge in [-0.3, -0.25) is 19.7 Å². The highest BCUT2D eigenvalue weighted by Gasteiger charge is 2.19. The lowest BCUT2D eigenvalue weighted by molar-refractivity contribution is -0.385. The summed E-state index contributed by atoms with van der Waals surface area (Å²) in [5.41, 5.74) is 0.886. The molecule has 1 aromatic rings. The van der Waals surface area contributed by atoms with Gasteiger partial charge in [0.05, 0.1) is 11.5 Å². The molecule has 9 heteroatoms. The monoisotopic (exact) mass is 363 g/mol. The number of nitrogens with zero attached hydrogens (tertiary/aromatic N) is 1. The van der Waals surface area contributed by atoms with E-state index in [4.69, 9.17) is 9.47 Å². The molecule has 0 saturated heterocycles. The lowest BCUT2D eigenvalue weighted by Crippen LogP contribution is -2.35. The zero-order valence-corrected chi connectivity index (χ0v) is 14.6. The van der Waals surface area contributed by atoms with Crippen LogP contribution in [-0.4, -0.2) is 36.6 Å². The van der Waals surface area contributed by atoms with Crippen molar-refractivity contribution >= 4 is 23.6 Å². The van der Waals surface area contributed by atoms with Gasteiger partial charge in [0, 0.05) is 48.3 Å². The summed E-state index contributed by atoms with van der Waals surface area (Å²) in [6.07, 6.45) is 2.72. The number of non-ortho nitro benzene ring substituents is 1. The molecule has 0 fully saturated rings. The number of fused-ring (bicyclic) bond motifs is 1. The number of nitrogens with one attached hydrogen (secondary N) is 2. The molecule has 0 aliphatic carbocycles. The predicted octanol–water partition coefficient (Wildman–Crippen LogP) is 1.36. The Morgan fingerprint density at radius 3 is 2.73 bits per heavy atom. The fourth-order valence-corrected chi connectivity index (χ4v) is 2.26. The second kappa shape index (κ2) is 8.95. The molecule has 1 heterocycles. The number of nitro benzene ring substituents is 1. The van der Waals surface area contributed by atoms with Gasteiger partial charge in [0.15, 0.2) is 6.79 Å². The van der Waals surface area contributed by atoms with Gasteiger partial charge in [-0.1, -0.05) is 13.8 Å². The predicted molar refractivity (Wildman–Crippen MR) is 93.3 cm³/mol. The Kier molecular flexibility index (Phi) is 6.67. The van der Waals surface area contributed by atoms with E-state index in [2.05, 4.69) is 10.6 Å². The van der Waals surface area contributed by atoms with Crippen LogP contribution < -0.4 is 15.4 Å². The van der Waals surface area contributed by atoms with E-state index in [0.717, 1.165) is 0 Å². The molecule has 9 nitrogen and oxygen atoms in total. The van der Waals surface area contributed by atoms with Gasteiger partial charge in [-0.2, -0.15) is 0 Å². The van der Waals surface area contributed by atoms with Crippen molar-refractivity contribution in [3.63, 3.8) is 0 Å². The molecule has 1 aliphatic heterocycles. The fourth-order valence-electron chi connectivity index (χ4n) is 2.26. The van der Waals surface area contributed by atoms with Crippen LogP contribution in [-0.2, 0) is 20.9 Å². The Labute approximate surface area is 150 Å². The first-order valence-electron chi connectivity index (χ1n) is 8.14. The number of nitro groups is 1. The van der Waals surface area contributed by atoms with Crippen LogP contribution in [0.2, 0.25) is 0 Å². The summed E-state index contributed by atoms with van der Waals surface area (Å²) in [5, 5.41) is 16.4. The summed E-state index contributed by atoms with van der Waals surface area (Å²) in [4.78, 5) is 33.8. The highest BCUT2D eigenvalue weighted by molar-refractivity contribution is 5.92. The molecule has 2 N–H and O–H groups in total. The normalized spacial score (nSPS) is 13.2. The van der Waals surface area contributed by atoms with Crippen LogP contribution >= 0.6 is 0 Å². The first kappa shape index (κ1) is 19.4. The van der Waals surface area contributed by atoms with Gasteiger partial charge in [0.1, 0.15) is 5.75 Å². The van der Waals surface area contributed by atoms with Crippen LogP contribution in [0.15, 0.2) is 18.2 Å². The number of hydrogen-bond acceptors (Lipinski definition) is 6. The van der Waals surface area contributed by atoms with Crippen molar-refractivity contribution < 1.29 is 24.0 Å². The second-order valence-corrected chi connectivity index (χ2v) is 5.96. The molecule has 2 amide bonds. The second-order valence-electron chi connectivity index (χ2n) is 5.96. The molecule has 2 rings (SSSR count). The molecule has 1 aromatic carbocycles. The van der Waals surface area contributed by atoms with E-state index in [0.29, 0.717) is 23.4 Å². The van der Waals surface area contributed by atoms with E-state index in [-0.39, 0.29) is 43.4 Å². The van der Waals surface area contributed by atoms with Gasteiger partial charge < -0.3 is 20.1 Å². The van der Waals surface area contributed by atoms with E-state index < -0.39 is 4.92 Å². The minimum absolute atomic E-state index is 0.0490. The maximum absolute atomic E-state index is 11.9. The summed E-state index contributed by atoms with van der Waals surface area (Å²) in [6, 6.07) is 2.74. The number of carbonyl (C=O) groups is 2.